The number of fused-ring (bicyclic) bond motifs is 1. The van der Waals surface area contributed by atoms with E-state index in [0.717, 1.165) is 35.5 Å². The summed E-state index contributed by atoms with van der Waals surface area (Å²) in [4.78, 5) is 32.5. The Morgan fingerprint density at radius 3 is 2.59 bits per heavy atom. The fraction of sp³-hybridized carbons (Fsp3) is 0.182. The predicted molar refractivity (Wildman–Crippen MR) is 112 cm³/mol. The summed E-state index contributed by atoms with van der Waals surface area (Å²) in [7, 11) is 0. The molecule has 29 heavy (non-hydrogen) atoms. The number of benzene rings is 2. The Morgan fingerprint density at radius 2 is 1.79 bits per heavy atom. The van der Waals surface area contributed by atoms with Crippen LogP contribution in [-0.4, -0.2) is 21.8 Å². The fourth-order valence-electron chi connectivity index (χ4n) is 3.23. The number of carbonyl (C=O) groups excluding carboxylic acids is 2. The fourth-order valence-corrected chi connectivity index (χ4v) is 3.23. The molecule has 0 bridgehead atoms. The van der Waals surface area contributed by atoms with Crippen molar-refractivity contribution in [2.24, 2.45) is 0 Å². The largest absolute Gasteiger partial charge is 0.340 e. The second-order valence-electron chi connectivity index (χ2n) is 6.97. The van der Waals surface area contributed by atoms with E-state index in [1.54, 1.807) is 12.1 Å². The van der Waals surface area contributed by atoms with E-state index in [1.807, 2.05) is 43.3 Å². The molecular formula is C22H21N5O2. The van der Waals surface area contributed by atoms with Gasteiger partial charge < -0.3 is 16.0 Å². The SMILES string of the molecule is Cc1cc(Nc2ccc(NC(=O)c3ccc4c(c3)CCCC(=O)N4)cc2)ncn1. The zero-order valence-electron chi connectivity index (χ0n) is 16.0. The molecule has 0 spiro atoms. The molecule has 2 aromatic carbocycles. The van der Waals surface area contributed by atoms with Crippen molar-refractivity contribution >= 4 is 34.7 Å². The molecule has 7 nitrogen and oxygen atoms in total. The molecule has 1 aliphatic heterocycles. The molecule has 0 saturated heterocycles. The Labute approximate surface area is 168 Å². The number of amides is 2. The lowest BCUT2D eigenvalue weighted by Gasteiger charge is -2.11. The van der Waals surface area contributed by atoms with E-state index in [2.05, 4.69) is 25.9 Å². The molecule has 3 N–H and O–H groups in total. The first-order valence-corrected chi connectivity index (χ1v) is 9.47. The van der Waals surface area contributed by atoms with Gasteiger partial charge in [-0.3, -0.25) is 9.59 Å². The predicted octanol–water partition coefficient (Wildman–Crippen LogP) is 4.06. The molecule has 0 radical (unpaired) electrons. The van der Waals surface area contributed by atoms with Gasteiger partial charge in [0.25, 0.3) is 5.91 Å². The van der Waals surface area contributed by atoms with Gasteiger partial charge in [0, 0.05) is 40.8 Å². The highest BCUT2D eigenvalue weighted by atomic mass is 16.2. The molecular weight excluding hydrogens is 366 g/mol. The molecule has 1 aliphatic rings. The van der Waals surface area contributed by atoms with Crippen molar-refractivity contribution in [3.8, 4) is 0 Å². The Morgan fingerprint density at radius 1 is 1.00 bits per heavy atom. The number of hydrogen-bond acceptors (Lipinski definition) is 5. The Bertz CT molecular complexity index is 1060. The second-order valence-corrected chi connectivity index (χ2v) is 6.97. The van der Waals surface area contributed by atoms with E-state index in [-0.39, 0.29) is 11.8 Å². The molecule has 0 aliphatic carbocycles. The normalized spacial score (nSPS) is 13.1. The van der Waals surface area contributed by atoms with E-state index in [0.29, 0.717) is 23.5 Å². The summed E-state index contributed by atoms with van der Waals surface area (Å²) in [5.41, 5.74) is 4.79. The number of hydrogen-bond donors (Lipinski definition) is 3. The van der Waals surface area contributed by atoms with Crippen LogP contribution in [0.3, 0.4) is 0 Å². The molecule has 0 unspecified atom stereocenters. The number of nitrogens with zero attached hydrogens (tertiary/aromatic N) is 2. The summed E-state index contributed by atoms with van der Waals surface area (Å²) in [6.45, 7) is 1.90. The van der Waals surface area contributed by atoms with Crippen molar-refractivity contribution in [2.45, 2.75) is 26.2 Å². The third-order valence-corrected chi connectivity index (χ3v) is 4.71. The summed E-state index contributed by atoms with van der Waals surface area (Å²) in [5, 5.41) is 8.99. The lowest BCUT2D eigenvalue weighted by molar-refractivity contribution is -0.116. The topological polar surface area (TPSA) is 96.0 Å². The summed E-state index contributed by atoms with van der Waals surface area (Å²) in [6, 6.07) is 14.6. The maximum absolute atomic E-state index is 12.6. The zero-order chi connectivity index (χ0) is 20.2. The minimum atomic E-state index is -0.185. The van der Waals surface area contributed by atoms with E-state index in [4.69, 9.17) is 0 Å². The summed E-state index contributed by atoms with van der Waals surface area (Å²) in [5.74, 6) is 0.550. The third-order valence-electron chi connectivity index (χ3n) is 4.71. The highest BCUT2D eigenvalue weighted by Crippen LogP contribution is 2.24. The van der Waals surface area contributed by atoms with Gasteiger partial charge in [0.05, 0.1) is 0 Å². The Kier molecular flexibility index (Phi) is 5.20. The monoisotopic (exact) mass is 387 g/mol. The van der Waals surface area contributed by atoms with E-state index in [9.17, 15) is 9.59 Å². The van der Waals surface area contributed by atoms with Crippen molar-refractivity contribution in [3.63, 3.8) is 0 Å². The lowest BCUT2D eigenvalue weighted by Crippen LogP contribution is -2.13. The molecule has 0 fully saturated rings. The van der Waals surface area contributed by atoms with Crippen molar-refractivity contribution in [3.05, 3.63) is 71.7 Å². The smallest absolute Gasteiger partial charge is 0.255 e. The van der Waals surface area contributed by atoms with E-state index in [1.165, 1.54) is 6.33 Å². The average molecular weight is 387 g/mol. The van der Waals surface area contributed by atoms with Gasteiger partial charge in [-0.15, -0.1) is 0 Å². The third kappa shape index (κ3) is 4.57. The van der Waals surface area contributed by atoms with Crippen LogP contribution in [0.4, 0.5) is 22.9 Å². The first kappa shape index (κ1) is 18.6. The number of aryl methyl sites for hydroxylation is 2. The molecule has 0 atom stereocenters. The minimum Gasteiger partial charge on any atom is -0.340 e. The molecule has 3 aromatic rings. The van der Waals surface area contributed by atoms with Crippen LogP contribution >= 0.6 is 0 Å². The van der Waals surface area contributed by atoms with Crippen molar-refractivity contribution in [1.29, 1.82) is 0 Å². The molecule has 4 rings (SSSR count). The van der Waals surface area contributed by atoms with Crippen LogP contribution in [0.15, 0.2) is 54.9 Å². The van der Waals surface area contributed by atoms with Gasteiger partial charge in [-0.1, -0.05) is 0 Å². The summed E-state index contributed by atoms with van der Waals surface area (Å²) >= 11 is 0. The quantitative estimate of drug-likeness (QED) is 0.627. The van der Waals surface area contributed by atoms with Gasteiger partial charge in [0.15, 0.2) is 0 Å². The van der Waals surface area contributed by atoms with Gasteiger partial charge >= 0.3 is 0 Å². The number of carbonyl (C=O) groups is 2. The van der Waals surface area contributed by atoms with Gasteiger partial charge in [0.1, 0.15) is 12.1 Å². The Hall–Kier alpha value is -3.74. The standard InChI is InChI=1S/C22H21N5O2/c1-14-11-20(24-13-23-14)25-17-6-8-18(9-7-17)26-22(29)16-5-10-19-15(12-16)3-2-4-21(28)27-19/h5-13H,2-4H2,1H3,(H,26,29)(H,27,28)(H,23,24,25). The molecule has 0 saturated carbocycles. The van der Waals surface area contributed by atoms with Crippen LogP contribution in [-0.2, 0) is 11.2 Å². The average Bonchev–Trinajstić information content (AvgIpc) is 2.89. The van der Waals surface area contributed by atoms with Gasteiger partial charge in [-0.05, 0) is 67.8 Å². The first-order chi connectivity index (χ1) is 14.1. The van der Waals surface area contributed by atoms with Gasteiger partial charge in [0.2, 0.25) is 5.91 Å². The summed E-state index contributed by atoms with van der Waals surface area (Å²) in [6.07, 6.45) is 3.58. The number of nitrogens with one attached hydrogen (secondary N) is 3. The summed E-state index contributed by atoms with van der Waals surface area (Å²) < 4.78 is 0. The van der Waals surface area contributed by atoms with Crippen molar-refractivity contribution < 1.29 is 9.59 Å². The second kappa shape index (κ2) is 8.10. The minimum absolute atomic E-state index is 0.0202. The maximum atomic E-state index is 12.6. The maximum Gasteiger partial charge on any atom is 0.255 e. The van der Waals surface area contributed by atoms with Crippen LogP contribution in [0.25, 0.3) is 0 Å². The number of anilines is 4. The van der Waals surface area contributed by atoms with Crippen LogP contribution in [0.2, 0.25) is 0 Å². The highest BCUT2D eigenvalue weighted by Gasteiger charge is 2.15. The number of aromatic nitrogens is 2. The lowest BCUT2D eigenvalue weighted by atomic mass is 10.0. The molecule has 146 valence electrons. The highest BCUT2D eigenvalue weighted by molar-refractivity contribution is 6.05. The zero-order valence-corrected chi connectivity index (χ0v) is 16.0. The van der Waals surface area contributed by atoms with Crippen LogP contribution < -0.4 is 16.0 Å². The van der Waals surface area contributed by atoms with E-state index >= 15 is 0 Å². The van der Waals surface area contributed by atoms with E-state index < -0.39 is 0 Å². The molecule has 2 heterocycles. The molecule has 1 aromatic heterocycles. The van der Waals surface area contributed by atoms with Crippen LogP contribution in [0, 0.1) is 6.92 Å². The first-order valence-electron chi connectivity index (χ1n) is 9.47. The van der Waals surface area contributed by atoms with Crippen molar-refractivity contribution in [2.75, 3.05) is 16.0 Å². The van der Waals surface area contributed by atoms with Crippen molar-refractivity contribution in [1.82, 2.24) is 9.97 Å². The van der Waals surface area contributed by atoms with Gasteiger partial charge in [-0.2, -0.15) is 0 Å². The van der Waals surface area contributed by atoms with Crippen LogP contribution in [0.5, 0.6) is 0 Å². The van der Waals surface area contributed by atoms with Crippen LogP contribution in [0.1, 0.15) is 34.5 Å². The molecule has 2 amide bonds. The Balaban J connectivity index is 1.43. The number of rotatable bonds is 4. The van der Waals surface area contributed by atoms with Gasteiger partial charge in [-0.25, -0.2) is 9.97 Å². The molecule has 7 heteroatoms.